The van der Waals surface area contributed by atoms with Gasteiger partial charge < -0.3 is 5.73 Å². The number of nitrogens with zero attached hydrogens (tertiary/aromatic N) is 1. The molecular formula is C15H22BrF3N2. The van der Waals surface area contributed by atoms with Crippen LogP contribution in [-0.4, -0.2) is 29.7 Å². The third kappa shape index (κ3) is 5.27. The molecule has 1 rings (SSSR count). The van der Waals surface area contributed by atoms with Gasteiger partial charge in [0.05, 0.1) is 12.6 Å². The van der Waals surface area contributed by atoms with Gasteiger partial charge in [0.15, 0.2) is 0 Å². The molecule has 0 bridgehead atoms. The number of rotatable bonds is 6. The molecule has 0 amide bonds. The predicted octanol–water partition coefficient (Wildman–Crippen LogP) is 4.50. The van der Waals surface area contributed by atoms with Crippen molar-refractivity contribution in [3.63, 3.8) is 0 Å². The second-order valence-corrected chi connectivity index (χ2v) is 6.27. The molecule has 0 radical (unpaired) electrons. The van der Waals surface area contributed by atoms with Crippen LogP contribution in [0.5, 0.6) is 0 Å². The van der Waals surface area contributed by atoms with Crippen molar-refractivity contribution in [2.24, 2.45) is 5.73 Å². The van der Waals surface area contributed by atoms with E-state index in [4.69, 9.17) is 5.73 Å². The van der Waals surface area contributed by atoms with E-state index >= 15 is 0 Å². The smallest absolute Gasteiger partial charge is 0.326 e. The first kappa shape index (κ1) is 18.5. The number of halogens is 4. The van der Waals surface area contributed by atoms with Crippen molar-refractivity contribution in [1.82, 2.24) is 4.90 Å². The van der Waals surface area contributed by atoms with E-state index < -0.39 is 18.8 Å². The lowest BCUT2D eigenvalue weighted by molar-refractivity contribution is -0.156. The number of hydrogen-bond acceptors (Lipinski definition) is 2. The first-order chi connectivity index (χ1) is 9.67. The Labute approximate surface area is 132 Å². The summed E-state index contributed by atoms with van der Waals surface area (Å²) in [6, 6.07) is 6.21. The molecule has 0 spiro atoms. The van der Waals surface area contributed by atoms with Crippen LogP contribution in [0.3, 0.4) is 0 Å². The van der Waals surface area contributed by atoms with E-state index in [-0.39, 0.29) is 12.1 Å². The predicted molar refractivity (Wildman–Crippen MR) is 83.0 cm³/mol. The van der Waals surface area contributed by atoms with E-state index in [1.165, 1.54) is 4.90 Å². The highest BCUT2D eigenvalue weighted by atomic mass is 79.9. The molecule has 1 aromatic carbocycles. The summed E-state index contributed by atoms with van der Waals surface area (Å²) >= 11 is 3.43. The van der Waals surface area contributed by atoms with E-state index in [0.29, 0.717) is 6.42 Å². The second-order valence-electron chi connectivity index (χ2n) is 5.42. The highest BCUT2D eigenvalue weighted by Gasteiger charge is 2.38. The van der Waals surface area contributed by atoms with E-state index in [0.717, 1.165) is 10.0 Å². The summed E-state index contributed by atoms with van der Waals surface area (Å²) in [5, 5.41) is 0. The molecule has 2 atom stereocenters. The van der Waals surface area contributed by atoms with Crippen LogP contribution in [0.15, 0.2) is 28.7 Å². The summed E-state index contributed by atoms with van der Waals surface area (Å²) in [5.74, 6) is 0. The Morgan fingerprint density at radius 2 is 1.81 bits per heavy atom. The summed E-state index contributed by atoms with van der Waals surface area (Å²) in [7, 11) is 0. The van der Waals surface area contributed by atoms with Crippen LogP contribution in [0.25, 0.3) is 0 Å². The first-order valence-corrected chi connectivity index (χ1v) is 7.79. The van der Waals surface area contributed by atoms with Crippen molar-refractivity contribution in [3.05, 3.63) is 34.3 Å². The summed E-state index contributed by atoms with van der Waals surface area (Å²) in [6.07, 6.45) is -3.65. The third-order valence-electron chi connectivity index (χ3n) is 3.48. The van der Waals surface area contributed by atoms with Gasteiger partial charge in [0.1, 0.15) is 0 Å². The monoisotopic (exact) mass is 366 g/mol. The number of nitrogens with two attached hydrogens (primary N) is 1. The average Bonchev–Trinajstić information content (AvgIpc) is 2.38. The molecule has 1 aromatic rings. The van der Waals surface area contributed by atoms with Gasteiger partial charge in [-0.25, -0.2) is 0 Å². The minimum absolute atomic E-state index is 0.263. The third-order valence-corrected chi connectivity index (χ3v) is 4.21. The van der Waals surface area contributed by atoms with Crippen molar-refractivity contribution in [2.45, 2.75) is 51.5 Å². The lowest BCUT2D eigenvalue weighted by atomic mass is 9.95. The zero-order chi connectivity index (χ0) is 16.2. The maximum absolute atomic E-state index is 12.9. The van der Waals surface area contributed by atoms with Crippen LogP contribution in [0, 0.1) is 0 Å². The first-order valence-electron chi connectivity index (χ1n) is 6.99. The number of hydrogen-bond donors (Lipinski definition) is 1. The van der Waals surface area contributed by atoms with Gasteiger partial charge in [-0.15, -0.1) is 0 Å². The summed E-state index contributed by atoms with van der Waals surface area (Å²) < 4.78 is 39.5. The summed E-state index contributed by atoms with van der Waals surface area (Å²) in [6.45, 7) is 4.45. The van der Waals surface area contributed by atoms with Crippen molar-refractivity contribution < 1.29 is 13.2 Å². The van der Waals surface area contributed by atoms with Gasteiger partial charge in [0, 0.05) is 16.6 Å². The topological polar surface area (TPSA) is 29.3 Å². The van der Waals surface area contributed by atoms with Gasteiger partial charge in [0.25, 0.3) is 0 Å². The number of benzene rings is 1. The standard InChI is InChI=1S/C15H22BrF3N2/c1-4-13(20)14(11-7-5-6-8-12(11)16)21(10(2)3)9-15(17,18)19/h5-8,10,13-14H,4,9,20H2,1-3H3. The fraction of sp³-hybridized carbons (Fsp3) is 0.600. The van der Waals surface area contributed by atoms with Gasteiger partial charge in [-0.1, -0.05) is 41.1 Å². The molecule has 2 unspecified atom stereocenters. The fourth-order valence-corrected chi connectivity index (χ4v) is 2.92. The van der Waals surface area contributed by atoms with Crippen molar-refractivity contribution in [2.75, 3.05) is 6.54 Å². The molecule has 0 fully saturated rings. The van der Waals surface area contributed by atoms with Gasteiger partial charge in [-0.05, 0) is 31.9 Å². The highest BCUT2D eigenvalue weighted by Crippen LogP contribution is 2.34. The Morgan fingerprint density at radius 1 is 1.24 bits per heavy atom. The van der Waals surface area contributed by atoms with Crippen molar-refractivity contribution in [1.29, 1.82) is 0 Å². The molecule has 0 aromatic heterocycles. The molecular weight excluding hydrogens is 345 g/mol. The van der Waals surface area contributed by atoms with E-state index in [9.17, 15) is 13.2 Å². The van der Waals surface area contributed by atoms with Gasteiger partial charge in [-0.2, -0.15) is 13.2 Å². The second kappa shape index (κ2) is 7.61. The molecule has 2 nitrogen and oxygen atoms in total. The zero-order valence-corrected chi connectivity index (χ0v) is 14.1. The minimum Gasteiger partial charge on any atom is -0.326 e. The largest absolute Gasteiger partial charge is 0.401 e. The van der Waals surface area contributed by atoms with Gasteiger partial charge >= 0.3 is 6.18 Å². The Bertz CT molecular complexity index is 449. The van der Waals surface area contributed by atoms with E-state index in [2.05, 4.69) is 15.9 Å². The van der Waals surface area contributed by atoms with Crippen LogP contribution in [-0.2, 0) is 0 Å². The number of alkyl halides is 3. The van der Waals surface area contributed by atoms with Crippen molar-refractivity contribution >= 4 is 15.9 Å². The van der Waals surface area contributed by atoms with Crippen LogP contribution in [0.2, 0.25) is 0 Å². The van der Waals surface area contributed by atoms with Crippen molar-refractivity contribution in [3.8, 4) is 0 Å². The molecule has 0 saturated heterocycles. The lowest BCUT2D eigenvalue weighted by Gasteiger charge is -2.39. The molecule has 0 aliphatic rings. The molecule has 0 aliphatic heterocycles. The average molecular weight is 367 g/mol. The van der Waals surface area contributed by atoms with Crippen LogP contribution < -0.4 is 5.73 Å². The fourth-order valence-electron chi connectivity index (χ4n) is 2.40. The molecule has 0 heterocycles. The maximum atomic E-state index is 12.9. The maximum Gasteiger partial charge on any atom is 0.401 e. The zero-order valence-electron chi connectivity index (χ0n) is 12.5. The van der Waals surface area contributed by atoms with Crippen LogP contribution >= 0.6 is 15.9 Å². The summed E-state index contributed by atoms with van der Waals surface area (Å²) in [4.78, 5) is 1.42. The van der Waals surface area contributed by atoms with Crippen LogP contribution in [0.1, 0.15) is 38.8 Å². The Hall–Kier alpha value is -0.590. The normalized spacial score (nSPS) is 15.5. The minimum atomic E-state index is -4.25. The SMILES string of the molecule is CCC(N)C(c1ccccc1Br)N(CC(F)(F)F)C(C)C. The van der Waals surface area contributed by atoms with Gasteiger partial charge in [0.2, 0.25) is 0 Å². The molecule has 0 saturated carbocycles. The molecule has 6 heteroatoms. The Kier molecular flexibility index (Phi) is 6.69. The molecule has 2 N–H and O–H groups in total. The molecule has 21 heavy (non-hydrogen) atoms. The quantitative estimate of drug-likeness (QED) is 0.802. The molecule has 120 valence electrons. The highest BCUT2D eigenvalue weighted by molar-refractivity contribution is 9.10. The van der Waals surface area contributed by atoms with Crippen LogP contribution in [0.4, 0.5) is 13.2 Å². The Balaban J connectivity index is 3.25. The van der Waals surface area contributed by atoms with Gasteiger partial charge in [-0.3, -0.25) is 4.90 Å². The summed E-state index contributed by atoms with van der Waals surface area (Å²) in [5.41, 5.74) is 6.94. The van der Waals surface area contributed by atoms with E-state index in [1.807, 2.05) is 31.2 Å². The Morgan fingerprint density at radius 3 is 2.24 bits per heavy atom. The van der Waals surface area contributed by atoms with E-state index in [1.54, 1.807) is 13.8 Å². The lowest BCUT2D eigenvalue weighted by Crippen LogP contribution is -2.48. The molecule has 0 aliphatic carbocycles.